The van der Waals surface area contributed by atoms with Crippen LogP contribution in [-0.4, -0.2) is 48.9 Å². The molecule has 104 valence electrons. The van der Waals surface area contributed by atoms with E-state index in [1.165, 1.54) is 0 Å². The third-order valence-corrected chi connectivity index (χ3v) is 3.51. The van der Waals surface area contributed by atoms with E-state index in [2.05, 4.69) is 20.2 Å². The Morgan fingerprint density at radius 2 is 1.85 bits per heavy atom. The SMILES string of the molecule is Cc1cnc(C(=O)N2CCC(n3nccn3)CC2)cn1. The lowest BCUT2D eigenvalue weighted by molar-refractivity contribution is 0.0677. The summed E-state index contributed by atoms with van der Waals surface area (Å²) in [6, 6.07) is 0.276. The summed E-state index contributed by atoms with van der Waals surface area (Å²) in [6.07, 6.45) is 8.24. The van der Waals surface area contributed by atoms with Gasteiger partial charge in [-0.15, -0.1) is 0 Å². The molecule has 0 saturated carbocycles. The monoisotopic (exact) mass is 272 g/mol. The number of carbonyl (C=O) groups is 1. The van der Waals surface area contributed by atoms with Crippen molar-refractivity contribution in [3.63, 3.8) is 0 Å². The molecule has 3 heterocycles. The summed E-state index contributed by atoms with van der Waals surface area (Å²) in [7, 11) is 0. The van der Waals surface area contributed by atoms with E-state index in [0.717, 1.165) is 18.5 Å². The Morgan fingerprint density at radius 3 is 2.45 bits per heavy atom. The second-order valence-corrected chi connectivity index (χ2v) is 4.92. The van der Waals surface area contributed by atoms with E-state index in [0.29, 0.717) is 18.8 Å². The molecule has 0 unspecified atom stereocenters. The van der Waals surface area contributed by atoms with E-state index in [-0.39, 0.29) is 11.9 Å². The predicted octanol–water partition coefficient (Wildman–Crippen LogP) is 0.854. The molecule has 1 aliphatic rings. The second kappa shape index (κ2) is 5.36. The Kier molecular flexibility index (Phi) is 3.41. The van der Waals surface area contributed by atoms with Crippen LogP contribution in [0.3, 0.4) is 0 Å². The number of aryl methyl sites for hydroxylation is 1. The van der Waals surface area contributed by atoms with Crippen LogP contribution < -0.4 is 0 Å². The lowest BCUT2D eigenvalue weighted by Crippen LogP contribution is -2.39. The minimum Gasteiger partial charge on any atom is -0.337 e. The van der Waals surface area contributed by atoms with Crippen molar-refractivity contribution < 1.29 is 4.79 Å². The van der Waals surface area contributed by atoms with Crippen molar-refractivity contribution in [2.75, 3.05) is 13.1 Å². The Labute approximate surface area is 116 Å². The lowest BCUT2D eigenvalue weighted by atomic mass is 10.1. The molecule has 2 aromatic heterocycles. The minimum absolute atomic E-state index is 0.0515. The van der Waals surface area contributed by atoms with Gasteiger partial charge in [0.1, 0.15) is 5.69 Å². The lowest BCUT2D eigenvalue weighted by Gasteiger charge is -2.31. The van der Waals surface area contributed by atoms with Crippen molar-refractivity contribution in [2.24, 2.45) is 0 Å². The molecule has 7 nitrogen and oxygen atoms in total. The molecule has 0 spiro atoms. The first kappa shape index (κ1) is 12.7. The molecular weight excluding hydrogens is 256 g/mol. The number of piperidine rings is 1. The van der Waals surface area contributed by atoms with Gasteiger partial charge in [-0.05, 0) is 19.8 Å². The summed E-state index contributed by atoms with van der Waals surface area (Å²) in [4.78, 5) is 24.1. The molecule has 2 aromatic rings. The maximum absolute atomic E-state index is 12.3. The number of carbonyl (C=O) groups excluding carboxylic acids is 1. The smallest absolute Gasteiger partial charge is 0.274 e. The second-order valence-electron chi connectivity index (χ2n) is 4.92. The predicted molar refractivity (Wildman–Crippen MR) is 71.0 cm³/mol. The van der Waals surface area contributed by atoms with Gasteiger partial charge < -0.3 is 4.90 Å². The quantitative estimate of drug-likeness (QED) is 0.810. The number of amides is 1. The number of likely N-dealkylation sites (tertiary alicyclic amines) is 1. The van der Waals surface area contributed by atoms with Gasteiger partial charge in [-0.2, -0.15) is 15.0 Å². The summed E-state index contributed by atoms with van der Waals surface area (Å²) in [6.45, 7) is 3.24. The van der Waals surface area contributed by atoms with Crippen molar-refractivity contribution in [1.82, 2.24) is 29.9 Å². The normalized spacial score (nSPS) is 16.4. The summed E-state index contributed by atoms with van der Waals surface area (Å²) in [5.74, 6) is -0.0515. The van der Waals surface area contributed by atoms with Crippen LogP contribution in [-0.2, 0) is 0 Å². The molecule has 0 aromatic carbocycles. The van der Waals surface area contributed by atoms with E-state index < -0.39 is 0 Å². The van der Waals surface area contributed by atoms with E-state index in [9.17, 15) is 4.79 Å². The first-order chi connectivity index (χ1) is 9.74. The van der Waals surface area contributed by atoms with E-state index in [1.54, 1.807) is 29.6 Å². The number of nitrogens with zero attached hydrogens (tertiary/aromatic N) is 6. The molecule has 1 saturated heterocycles. The molecule has 1 aliphatic heterocycles. The van der Waals surface area contributed by atoms with Gasteiger partial charge in [0.15, 0.2) is 0 Å². The third kappa shape index (κ3) is 2.52. The van der Waals surface area contributed by atoms with Crippen LogP contribution >= 0.6 is 0 Å². The summed E-state index contributed by atoms with van der Waals surface area (Å²) in [5, 5.41) is 8.31. The zero-order valence-corrected chi connectivity index (χ0v) is 11.3. The van der Waals surface area contributed by atoms with E-state index in [4.69, 9.17) is 0 Å². The van der Waals surface area contributed by atoms with Crippen LogP contribution in [0, 0.1) is 6.92 Å². The molecule has 3 rings (SSSR count). The van der Waals surface area contributed by atoms with Crippen LogP contribution in [0.1, 0.15) is 35.1 Å². The van der Waals surface area contributed by atoms with Gasteiger partial charge in [-0.1, -0.05) is 0 Å². The Bertz CT molecular complexity index is 571. The summed E-state index contributed by atoms with van der Waals surface area (Å²) >= 11 is 0. The Hall–Kier alpha value is -2.31. The average Bonchev–Trinajstić information content (AvgIpc) is 3.02. The number of hydrogen-bond donors (Lipinski definition) is 0. The fraction of sp³-hybridized carbons (Fsp3) is 0.462. The zero-order valence-electron chi connectivity index (χ0n) is 11.3. The van der Waals surface area contributed by atoms with Crippen LogP contribution in [0.4, 0.5) is 0 Å². The van der Waals surface area contributed by atoms with Crippen LogP contribution in [0.25, 0.3) is 0 Å². The highest BCUT2D eigenvalue weighted by molar-refractivity contribution is 5.92. The van der Waals surface area contributed by atoms with Crippen LogP contribution in [0.5, 0.6) is 0 Å². The highest BCUT2D eigenvalue weighted by Gasteiger charge is 2.26. The van der Waals surface area contributed by atoms with Gasteiger partial charge in [0.2, 0.25) is 0 Å². The van der Waals surface area contributed by atoms with Crippen molar-refractivity contribution in [3.05, 3.63) is 36.2 Å². The Balaban J connectivity index is 1.63. The number of rotatable bonds is 2. The van der Waals surface area contributed by atoms with Crippen molar-refractivity contribution >= 4 is 5.91 Å². The van der Waals surface area contributed by atoms with Gasteiger partial charge in [0.05, 0.1) is 30.3 Å². The maximum Gasteiger partial charge on any atom is 0.274 e. The molecule has 1 fully saturated rings. The van der Waals surface area contributed by atoms with Gasteiger partial charge >= 0.3 is 0 Å². The summed E-state index contributed by atoms with van der Waals surface area (Å²) < 4.78 is 0. The standard InChI is InChI=1S/C13H16N6O/c1-10-8-15-12(9-14-10)13(20)18-6-2-11(3-7-18)19-16-4-5-17-19/h4-5,8-9,11H,2-3,6-7H2,1H3. The molecule has 7 heteroatoms. The van der Waals surface area contributed by atoms with E-state index in [1.807, 2.05) is 11.8 Å². The van der Waals surface area contributed by atoms with E-state index >= 15 is 0 Å². The number of hydrogen-bond acceptors (Lipinski definition) is 5. The van der Waals surface area contributed by atoms with Crippen LogP contribution in [0.15, 0.2) is 24.8 Å². The topological polar surface area (TPSA) is 76.8 Å². The first-order valence-corrected chi connectivity index (χ1v) is 6.68. The highest BCUT2D eigenvalue weighted by atomic mass is 16.2. The van der Waals surface area contributed by atoms with Crippen molar-refractivity contribution in [2.45, 2.75) is 25.8 Å². The van der Waals surface area contributed by atoms with Crippen molar-refractivity contribution in [3.8, 4) is 0 Å². The van der Waals surface area contributed by atoms with Gasteiger partial charge in [-0.25, -0.2) is 4.98 Å². The molecule has 0 atom stereocenters. The molecule has 0 bridgehead atoms. The summed E-state index contributed by atoms with van der Waals surface area (Å²) in [5.41, 5.74) is 1.22. The van der Waals surface area contributed by atoms with Crippen LogP contribution in [0.2, 0.25) is 0 Å². The molecule has 0 aliphatic carbocycles. The zero-order chi connectivity index (χ0) is 13.9. The molecule has 1 amide bonds. The van der Waals surface area contributed by atoms with Gasteiger partial charge in [-0.3, -0.25) is 9.78 Å². The third-order valence-electron chi connectivity index (χ3n) is 3.51. The molecule has 0 N–H and O–H groups in total. The fourth-order valence-electron chi connectivity index (χ4n) is 2.38. The molecular formula is C13H16N6O. The first-order valence-electron chi connectivity index (χ1n) is 6.68. The Morgan fingerprint density at radius 1 is 1.15 bits per heavy atom. The molecule has 20 heavy (non-hydrogen) atoms. The van der Waals surface area contributed by atoms with Gasteiger partial charge in [0.25, 0.3) is 5.91 Å². The largest absolute Gasteiger partial charge is 0.337 e. The maximum atomic E-state index is 12.3. The fourth-order valence-corrected chi connectivity index (χ4v) is 2.38. The molecule has 0 radical (unpaired) electrons. The highest BCUT2D eigenvalue weighted by Crippen LogP contribution is 2.21. The minimum atomic E-state index is -0.0515. The van der Waals surface area contributed by atoms with Crippen molar-refractivity contribution in [1.29, 1.82) is 0 Å². The average molecular weight is 272 g/mol. The van der Waals surface area contributed by atoms with Gasteiger partial charge in [0, 0.05) is 19.3 Å². The number of aromatic nitrogens is 5.